The second-order valence-corrected chi connectivity index (χ2v) is 5.81. The van der Waals surface area contributed by atoms with E-state index in [4.69, 9.17) is 14.6 Å². The van der Waals surface area contributed by atoms with Crippen molar-refractivity contribution in [1.82, 2.24) is 0 Å². The van der Waals surface area contributed by atoms with E-state index < -0.39 is 24.1 Å². The summed E-state index contributed by atoms with van der Waals surface area (Å²) >= 11 is 0. The summed E-state index contributed by atoms with van der Waals surface area (Å²) in [6, 6.07) is 6.36. The van der Waals surface area contributed by atoms with Crippen LogP contribution in [0.3, 0.4) is 0 Å². The normalized spacial score (nSPS) is 20.3. The molecule has 100 valence electrons. The predicted molar refractivity (Wildman–Crippen MR) is 70.9 cm³/mol. The topological polar surface area (TPSA) is 42.2 Å². The summed E-state index contributed by atoms with van der Waals surface area (Å²) in [7, 11) is -0.465. The van der Waals surface area contributed by atoms with Gasteiger partial charge in [0.2, 0.25) is 0 Å². The molecule has 0 unspecified atom stereocenters. The Labute approximate surface area is 113 Å². The monoisotopic (exact) mass is 261 g/mol. The summed E-state index contributed by atoms with van der Waals surface area (Å²) in [4.78, 5) is 0. The molecule has 0 atom stereocenters. The molecule has 0 saturated carbocycles. The lowest BCUT2D eigenvalue weighted by Gasteiger charge is -2.32. The third-order valence-corrected chi connectivity index (χ3v) is 3.87. The van der Waals surface area contributed by atoms with E-state index in [1.807, 2.05) is 33.8 Å². The molecule has 0 aliphatic carbocycles. The molecule has 1 aromatic carbocycles. The largest absolute Gasteiger partial charge is 0.462 e. The first-order valence-corrected chi connectivity index (χ1v) is 6.29. The molecule has 0 amide bonds. The average molecular weight is 261 g/mol. The summed E-state index contributed by atoms with van der Waals surface area (Å²) in [5, 5.41) is 8.71. The molecule has 1 aromatic rings. The fraction of sp³-hybridized carbons (Fsp3) is 0.500. The van der Waals surface area contributed by atoms with E-state index in [9.17, 15) is 4.39 Å². The third kappa shape index (κ3) is 2.65. The van der Waals surface area contributed by atoms with Crippen molar-refractivity contribution in [3.05, 3.63) is 35.1 Å². The van der Waals surface area contributed by atoms with Gasteiger partial charge in [-0.2, -0.15) is 5.26 Å². The van der Waals surface area contributed by atoms with Gasteiger partial charge in [-0.25, -0.2) is 4.39 Å². The fourth-order valence-corrected chi connectivity index (χ4v) is 2.01. The van der Waals surface area contributed by atoms with Crippen LogP contribution in [0.5, 0.6) is 0 Å². The minimum absolute atomic E-state index is 0.315. The Morgan fingerprint density at radius 3 is 2.26 bits per heavy atom. The minimum Gasteiger partial charge on any atom is -0.403 e. The van der Waals surface area contributed by atoms with Gasteiger partial charge in [-0.3, -0.25) is 0 Å². The van der Waals surface area contributed by atoms with Crippen LogP contribution in [-0.4, -0.2) is 18.3 Å². The van der Waals surface area contributed by atoms with E-state index in [1.54, 1.807) is 12.1 Å². The maximum Gasteiger partial charge on any atom is 0.462 e. The molecular formula is C14H17BFNO2. The van der Waals surface area contributed by atoms with Gasteiger partial charge in [-0.15, -0.1) is 0 Å². The summed E-state index contributed by atoms with van der Waals surface area (Å²) in [6.45, 7) is 7.84. The van der Waals surface area contributed by atoms with Gasteiger partial charge >= 0.3 is 7.12 Å². The zero-order chi connectivity index (χ0) is 14.3. The molecule has 0 bridgehead atoms. The first kappa shape index (κ1) is 14.0. The maximum atomic E-state index is 13.8. The summed E-state index contributed by atoms with van der Waals surface area (Å²) in [5.41, 5.74) is -0.0192. The lowest BCUT2D eigenvalue weighted by Crippen LogP contribution is -2.41. The van der Waals surface area contributed by atoms with Crippen LogP contribution in [0.2, 0.25) is 0 Å². The highest BCUT2D eigenvalue weighted by Crippen LogP contribution is 2.37. The number of halogens is 1. The Balaban J connectivity index is 2.14. The van der Waals surface area contributed by atoms with Gasteiger partial charge < -0.3 is 9.31 Å². The molecule has 0 radical (unpaired) electrons. The molecular weight excluding hydrogens is 244 g/mol. The van der Waals surface area contributed by atoms with E-state index in [0.29, 0.717) is 17.4 Å². The summed E-state index contributed by atoms with van der Waals surface area (Å²) in [6.07, 6.45) is 0.338. The van der Waals surface area contributed by atoms with Crippen molar-refractivity contribution in [2.45, 2.75) is 45.2 Å². The molecule has 19 heavy (non-hydrogen) atoms. The first-order chi connectivity index (χ1) is 8.75. The van der Waals surface area contributed by atoms with Crippen molar-refractivity contribution in [2.24, 2.45) is 0 Å². The number of hydrogen-bond donors (Lipinski definition) is 0. The van der Waals surface area contributed by atoms with Crippen molar-refractivity contribution >= 4 is 7.12 Å². The second-order valence-electron chi connectivity index (χ2n) is 5.81. The quantitative estimate of drug-likeness (QED) is 0.769. The average Bonchev–Trinajstić information content (AvgIpc) is 2.50. The van der Waals surface area contributed by atoms with Gasteiger partial charge in [0.15, 0.2) is 0 Å². The SMILES string of the molecule is CC1(C)OB(Cc2ccc(C#N)cc2F)OC1(C)C. The number of nitriles is 1. The lowest BCUT2D eigenvalue weighted by molar-refractivity contribution is 0.00578. The molecule has 2 rings (SSSR count). The maximum absolute atomic E-state index is 13.8. The molecule has 1 aliphatic rings. The van der Waals surface area contributed by atoms with E-state index in [-0.39, 0.29) is 0 Å². The number of hydrogen-bond acceptors (Lipinski definition) is 3. The molecule has 0 N–H and O–H groups in total. The molecule has 1 aliphatic heterocycles. The molecule has 1 heterocycles. The van der Waals surface area contributed by atoms with Crippen molar-refractivity contribution in [3.8, 4) is 6.07 Å². The Hall–Kier alpha value is -1.38. The Morgan fingerprint density at radius 1 is 1.21 bits per heavy atom. The number of nitrogens with zero attached hydrogens (tertiary/aromatic N) is 1. The highest BCUT2D eigenvalue weighted by atomic mass is 19.1. The molecule has 3 nitrogen and oxygen atoms in total. The lowest BCUT2D eigenvalue weighted by atomic mass is 9.80. The highest BCUT2D eigenvalue weighted by Gasteiger charge is 2.50. The standard InChI is InChI=1S/C14H17BFNO2/c1-13(2)14(3,4)19-15(18-13)8-11-6-5-10(9-17)7-12(11)16/h5-7H,8H2,1-4H3. The molecule has 1 saturated heterocycles. The van der Waals surface area contributed by atoms with Gasteiger partial charge in [0.05, 0.1) is 22.8 Å². The van der Waals surface area contributed by atoms with Crippen LogP contribution in [0.15, 0.2) is 18.2 Å². The van der Waals surface area contributed by atoms with Crippen LogP contribution in [0.1, 0.15) is 38.8 Å². The van der Waals surface area contributed by atoms with Crippen molar-refractivity contribution in [2.75, 3.05) is 0 Å². The molecule has 0 spiro atoms. The van der Waals surface area contributed by atoms with Crippen LogP contribution in [0.25, 0.3) is 0 Å². The van der Waals surface area contributed by atoms with Crippen molar-refractivity contribution < 1.29 is 13.7 Å². The van der Waals surface area contributed by atoms with E-state index in [0.717, 1.165) is 0 Å². The van der Waals surface area contributed by atoms with E-state index in [1.165, 1.54) is 6.07 Å². The van der Waals surface area contributed by atoms with Gasteiger partial charge in [-0.05, 0) is 45.4 Å². The fourth-order valence-electron chi connectivity index (χ4n) is 2.01. The molecule has 5 heteroatoms. The van der Waals surface area contributed by atoms with Crippen LogP contribution in [0, 0.1) is 17.1 Å². The van der Waals surface area contributed by atoms with Crippen molar-refractivity contribution in [3.63, 3.8) is 0 Å². The van der Waals surface area contributed by atoms with Gasteiger partial charge in [0.1, 0.15) is 5.82 Å². The second kappa shape index (κ2) is 4.62. The van der Waals surface area contributed by atoms with Crippen LogP contribution in [-0.2, 0) is 15.6 Å². The van der Waals surface area contributed by atoms with Crippen LogP contribution >= 0.6 is 0 Å². The van der Waals surface area contributed by atoms with Crippen molar-refractivity contribution in [1.29, 1.82) is 5.26 Å². The summed E-state index contributed by atoms with van der Waals surface area (Å²) < 4.78 is 25.5. The zero-order valence-corrected chi connectivity index (χ0v) is 11.7. The highest BCUT2D eigenvalue weighted by molar-refractivity contribution is 6.45. The van der Waals surface area contributed by atoms with E-state index in [2.05, 4.69) is 0 Å². The molecule has 1 fully saturated rings. The van der Waals surface area contributed by atoms with Crippen LogP contribution in [0.4, 0.5) is 4.39 Å². The Morgan fingerprint density at radius 2 is 1.79 bits per heavy atom. The smallest absolute Gasteiger partial charge is 0.403 e. The van der Waals surface area contributed by atoms with Gasteiger partial charge in [0, 0.05) is 6.32 Å². The number of benzene rings is 1. The number of rotatable bonds is 2. The third-order valence-electron chi connectivity index (χ3n) is 3.87. The van der Waals surface area contributed by atoms with Gasteiger partial charge in [0.25, 0.3) is 0 Å². The zero-order valence-electron chi connectivity index (χ0n) is 11.7. The minimum atomic E-state index is -0.465. The van der Waals surface area contributed by atoms with Crippen LogP contribution < -0.4 is 0 Å². The Bertz CT molecular complexity index is 521. The first-order valence-electron chi connectivity index (χ1n) is 6.29. The van der Waals surface area contributed by atoms with Gasteiger partial charge in [-0.1, -0.05) is 6.07 Å². The molecule has 0 aromatic heterocycles. The Kier molecular flexibility index (Phi) is 3.42. The predicted octanol–water partition coefficient (Wildman–Crippen LogP) is 2.87. The summed E-state index contributed by atoms with van der Waals surface area (Å²) in [5.74, 6) is -0.395. The van der Waals surface area contributed by atoms with E-state index >= 15 is 0 Å².